The number of benzene rings is 1. The lowest BCUT2D eigenvalue weighted by Crippen LogP contribution is -2.06. The van der Waals surface area contributed by atoms with Crippen molar-refractivity contribution in [3.63, 3.8) is 0 Å². The number of carbonyl (C=O) groups excluding carboxylic acids is 1. The highest BCUT2D eigenvalue weighted by molar-refractivity contribution is 9.10. The van der Waals surface area contributed by atoms with E-state index in [0.717, 1.165) is 12.1 Å². The number of carbonyl (C=O) groups is 1. The largest absolute Gasteiger partial charge is 0.463 e. The van der Waals surface area contributed by atoms with Crippen molar-refractivity contribution in [2.75, 3.05) is 0 Å². The molecule has 1 rings (SSSR count). The molecular formula is C9H6BrF3O2. The van der Waals surface area contributed by atoms with Crippen LogP contribution in [0.5, 0.6) is 0 Å². The molecule has 1 aromatic rings. The normalized spacial score (nSPS) is 11.2. The third-order valence-corrected chi connectivity index (χ3v) is 2.06. The Morgan fingerprint density at radius 1 is 1.33 bits per heavy atom. The Balaban J connectivity index is 3.00. The Bertz CT molecular complexity index is 363. The van der Waals surface area contributed by atoms with Gasteiger partial charge in [-0.05, 0) is 23.8 Å². The van der Waals surface area contributed by atoms with Gasteiger partial charge in [0.25, 0.3) is 6.47 Å². The van der Waals surface area contributed by atoms with Gasteiger partial charge in [0.15, 0.2) is 0 Å². The second kappa shape index (κ2) is 4.65. The Kier molecular flexibility index (Phi) is 3.73. The minimum absolute atomic E-state index is 0.175. The summed E-state index contributed by atoms with van der Waals surface area (Å²) in [7, 11) is 0. The molecule has 0 fully saturated rings. The zero-order valence-corrected chi connectivity index (χ0v) is 8.93. The van der Waals surface area contributed by atoms with Crippen molar-refractivity contribution in [3.05, 3.63) is 33.8 Å². The minimum Gasteiger partial charge on any atom is -0.463 e. The topological polar surface area (TPSA) is 26.3 Å². The van der Waals surface area contributed by atoms with E-state index < -0.39 is 11.7 Å². The summed E-state index contributed by atoms with van der Waals surface area (Å²) in [5, 5.41) is 0. The lowest BCUT2D eigenvalue weighted by atomic mass is 10.1. The molecule has 0 N–H and O–H groups in total. The second-order valence-electron chi connectivity index (χ2n) is 2.75. The molecule has 0 heterocycles. The molecule has 0 amide bonds. The average molecular weight is 283 g/mol. The first kappa shape index (κ1) is 12.0. The monoisotopic (exact) mass is 282 g/mol. The fourth-order valence-corrected chi connectivity index (χ4v) is 1.57. The van der Waals surface area contributed by atoms with Gasteiger partial charge in [0.05, 0.1) is 5.56 Å². The molecule has 1 aromatic carbocycles. The summed E-state index contributed by atoms with van der Waals surface area (Å²) < 4.78 is 41.7. The summed E-state index contributed by atoms with van der Waals surface area (Å²) in [4.78, 5) is 9.89. The zero-order chi connectivity index (χ0) is 11.5. The van der Waals surface area contributed by atoms with E-state index >= 15 is 0 Å². The van der Waals surface area contributed by atoms with Gasteiger partial charge in [-0.15, -0.1) is 0 Å². The average Bonchev–Trinajstić information content (AvgIpc) is 2.12. The molecule has 0 saturated heterocycles. The molecule has 2 nitrogen and oxygen atoms in total. The first-order valence-corrected chi connectivity index (χ1v) is 4.64. The fraction of sp³-hybridized carbons (Fsp3) is 0.222. The van der Waals surface area contributed by atoms with Crippen molar-refractivity contribution < 1.29 is 22.7 Å². The smallest absolute Gasteiger partial charge is 0.416 e. The molecule has 15 heavy (non-hydrogen) atoms. The van der Waals surface area contributed by atoms with Gasteiger partial charge in [-0.25, -0.2) is 0 Å². The maximum atomic E-state index is 12.3. The van der Waals surface area contributed by atoms with Crippen molar-refractivity contribution in [1.82, 2.24) is 0 Å². The van der Waals surface area contributed by atoms with Gasteiger partial charge < -0.3 is 4.74 Å². The van der Waals surface area contributed by atoms with Crippen molar-refractivity contribution in [1.29, 1.82) is 0 Å². The molecule has 0 saturated carbocycles. The molecule has 0 spiro atoms. The molecule has 82 valence electrons. The first-order chi connectivity index (χ1) is 6.93. The van der Waals surface area contributed by atoms with E-state index in [9.17, 15) is 18.0 Å². The number of rotatable bonds is 3. The summed E-state index contributed by atoms with van der Waals surface area (Å²) in [6.07, 6.45) is -4.40. The fourth-order valence-electron chi connectivity index (χ4n) is 1.03. The molecule has 6 heteroatoms. The summed E-state index contributed by atoms with van der Waals surface area (Å²) in [5.74, 6) is 0. The van der Waals surface area contributed by atoms with Crippen LogP contribution in [-0.2, 0) is 22.3 Å². The van der Waals surface area contributed by atoms with E-state index in [4.69, 9.17) is 0 Å². The molecule has 0 radical (unpaired) electrons. The van der Waals surface area contributed by atoms with Crippen LogP contribution in [0.3, 0.4) is 0 Å². The third kappa shape index (κ3) is 3.54. The van der Waals surface area contributed by atoms with Gasteiger partial charge >= 0.3 is 6.18 Å². The van der Waals surface area contributed by atoms with Crippen LogP contribution < -0.4 is 0 Å². The highest BCUT2D eigenvalue weighted by Gasteiger charge is 2.30. The maximum absolute atomic E-state index is 12.3. The minimum atomic E-state index is -4.40. The van der Waals surface area contributed by atoms with Crippen LogP contribution in [0, 0.1) is 0 Å². The molecule has 0 aromatic heterocycles. The maximum Gasteiger partial charge on any atom is 0.416 e. The van der Waals surface area contributed by atoms with Crippen LogP contribution in [0.4, 0.5) is 13.2 Å². The molecule has 0 aliphatic carbocycles. The lowest BCUT2D eigenvalue weighted by molar-refractivity contribution is -0.137. The predicted octanol–water partition coefficient (Wildman–Crippen LogP) is 3.14. The SMILES string of the molecule is O=COCc1cc(Br)cc(C(F)(F)F)c1. The van der Waals surface area contributed by atoms with Crippen molar-refractivity contribution in [3.8, 4) is 0 Å². The third-order valence-electron chi connectivity index (χ3n) is 1.60. The van der Waals surface area contributed by atoms with Crippen LogP contribution in [0.25, 0.3) is 0 Å². The molecule has 0 aliphatic rings. The van der Waals surface area contributed by atoms with E-state index in [1.807, 2.05) is 0 Å². The number of alkyl halides is 3. The van der Waals surface area contributed by atoms with Crippen LogP contribution in [0.15, 0.2) is 22.7 Å². The van der Waals surface area contributed by atoms with E-state index in [0.29, 0.717) is 4.47 Å². The molecule has 0 aliphatic heterocycles. The van der Waals surface area contributed by atoms with Crippen molar-refractivity contribution >= 4 is 22.4 Å². The molecule has 0 unspecified atom stereocenters. The van der Waals surface area contributed by atoms with Crippen LogP contribution >= 0.6 is 15.9 Å². The van der Waals surface area contributed by atoms with E-state index in [1.165, 1.54) is 6.07 Å². The summed E-state index contributed by atoms with van der Waals surface area (Å²) in [6.45, 7) is 0.0141. The Labute approximate surface area is 92.2 Å². The summed E-state index contributed by atoms with van der Waals surface area (Å²) in [5.41, 5.74) is -0.495. The predicted molar refractivity (Wildman–Crippen MR) is 50.0 cm³/mol. The van der Waals surface area contributed by atoms with Gasteiger partial charge in [0.1, 0.15) is 6.61 Å². The zero-order valence-electron chi connectivity index (χ0n) is 7.34. The van der Waals surface area contributed by atoms with Crippen molar-refractivity contribution in [2.45, 2.75) is 12.8 Å². The second-order valence-corrected chi connectivity index (χ2v) is 3.67. The lowest BCUT2D eigenvalue weighted by Gasteiger charge is -2.09. The molecule has 0 atom stereocenters. The highest BCUT2D eigenvalue weighted by atomic mass is 79.9. The van der Waals surface area contributed by atoms with Crippen LogP contribution in [0.1, 0.15) is 11.1 Å². The molecular weight excluding hydrogens is 277 g/mol. The van der Waals surface area contributed by atoms with E-state index in [-0.39, 0.29) is 18.6 Å². The standard InChI is InChI=1S/C9H6BrF3O2/c10-8-2-6(4-15-5-14)1-7(3-8)9(11,12)13/h1-3,5H,4H2. The first-order valence-electron chi connectivity index (χ1n) is 3.85. The van der Waals surface area contributed by atoms with Crippen LogP contribution in [0.2, 0.25) is 0 Å². The highest BCUT2D eigenvalue weighted by Crippen LogP contribution is 2.32. The Morgan fingerprint density at radius 3 is 2.53 bits per heavy atom. The van der Waals surface area contributed by atoms with Gasteiger partial charge in [0.2, 0.25) is 0 Å². The number of ether oxygens (including phenoxy) is 1. The van der Waals surface area contributed by atoms with Crippen LogP contribution in [-0.4, -0.2) is 6.47 Å². The van der Waals surface area contributed by atoms with Gasteiger partial charge in [0, 0.05) is 4.47 Å². The quantitative estimate of drug-likeness (QED) is 0.796. The number of hydrogen-bond acceptors (Lipinski definition) is 2. The van der Waals surface area contributed by atoms with Gasteiger partial charge in [-0.2, -0.15) is 13.2 Å². The van der Waals surface area contributed by atoms with E-state index in [1.54, 1.807) is 0 Å². The Morgan fingerprint density at radius 2 is 2.00 bits per heavy atom. The van der Waals surface area contributed by atoms with Gasteiger partial charge in [-0.3, -0.25) is 4.79 Å². The number of hydrogen-bond donors (Lipinski definition) is 0. The van der Waals surface area contributed by atoms with E-state index in [2.05, 4.69) is 20.7 Å². The Hall–Kier alpha value is -1.04. The number of halogens is 4. The molecule has 0 bridgehead atoms. The summed E-state index contributed by atoms with van der Waals surface area (Å²) >= 11 is 2.95. The van der Waals surface area contributed by atoms with Crippen molar-refractivity contribution in [2.24, 2.45) is 0 Å². The van der Waals surface area contributed by atoms with Gasteiger partial charge in [-0.1, -0.05) is 15.9 Å². The summed E-state index contributed by atoms with van der Waals surface area (Å²) in [6, 6.07) is 3.36.